The summed E-state index contributed by atoms with van der Waals surface area (Å²) in [7, 11) is 0. The van der Waals surface area contributed by atoms with Crippen molar-refractivity contribution < 1.29 is 59.8 Å². The summed E-state index contributed by atoms with van der Waals surface area (Å²) in [5.74, 6) is -2.85. The summed E-state index contributed by atoms with van der Waals surface area (Å²) in [6, 6.07) is 7.63. The van der Waals surface area contributed by atoms with Gasteiger partial charge in [0, 0.05) is 31.3 Å². The molecule has 10 nitrogen and oxygen atoms in total. The van der Waals surface area contributed by atoms with Crippen molar-refractivity contribution in [3.05, 3.63) is 65.7 Å². The summed E-state index contributed by atoms with van der Waals surface area (Å²) >= 11 is 0. The maximum Gasteiger partial charge on any atom is 0.490 e. The SMILES string of the molecule is O=C(O)C(F)(F)F.O=C(O)C(F)(F)F.c1cncc(OCc2noc3c2CN(Cc2ccco2)CC3)c1. The number of hydrogen-bond donors (Lipinski definition) is 2. The Labute approximate surface area is 204 Å². The molecule has 0 amide bonds. The van der Waals surface area contributed by atoms with Crippen LogP contribution >= 0.6 is 0 Å². The van der Waals surface area contributed by atoms with Crippen LogP contribution in [0.4, 0.5) is 26.3 Å². The molecule has 3 aromatic heterocycles. The van der Waals surface area contributed by atoms with Crippen molar-refractivity contribution in [2.75, 3.05) is 6.54 Å². The highest BCUT2D eigenvalue weighted by molar-refractivity contribution is 5.73. The quantitative estimate of drug-likeness (QED) is 0.456. The minimum atomic E-state index is -5.08. The number of alkyl halides is 6. The zero-order valence-electron chi connectivity index (χ0n) is 18.6. The maximum absolute atomic E-state index is 10.6. The summed E-state index contributed by atoms with van der Waals surface area (Å²) < 4.78 is 80.1. The number of rotatable bonds is 5. The highest BCUT2D eigenvalue weighted by Gasteiger charge is 2.38. The Morgan fingerprint density at radius 3 is 2.22 bits per heavy atom. The number of carboxylic acid groups (broad SMARTS) is 2. The molecule has 37 heavy (non-hydrogen) atoms. The van der Waals surface area contributed by atoms with Crippen molar-refractivity contribution in [1.29, 1.82) is 0 Å². The summed E-state index contributed by atoms with van der Waals surface area (Å²) in [5.41, 5.74) is 1.99. The van der Waals surface area contributed by atoms with Crippen LogP contribution < -0.4 is 4.74 Å². The third kappa shape index (κ3) is 9.83. The highest BCUT2D eigenvalue weighted by atomic mass is 19.4. The number of aromatic nitrogens is 2. The molecule has 0 saturated carbocycles. The van der Waals surface area contributed by atoms with Crippen molar-refractivity contribution in [3.63, 3.8) is 0 Å². The maximum atomic E-state index is 10.6. The van der Waals surface area contributed by atoms with Crippen molar-refractivity contribution in [3.8, 4) is 5.75 Å². The van der Waals surface area contributed by atoms with Crippen LogP contribution in [0.25, 0.3) is 0 Å². The fraction of sp³-hybridized carbons (Fsp3) is 0.333. The monoisotopic (exact) mass is 539 g/mol. The first kappa shape index (κ1) is 29.2. The van der Waals surface area contributed by atoms with Gasteiger partial charge in [0.15, 0.2) is 0 Å². The van der Waals surface area contributed by atoms with Gasteiger partial charge in [0.25, 0.3) is 0 Å². The molecule has 0 radical (unpaired) electrons. The number of carbonyl (C=O) groups is 2. The molecule has 1 aliphatic heterocycles. The molecule has 0 unspecified atom stereocenters. The molecule has 0 bridgehead atoms. The Bertz CT molecular complexity index is 1110. The summed E-state index contributed by atoms with van der Waals surface area (Å²) in [4.78, 5) is 24.2. The van der Waals surface area contributed by atoms with Crippen LogP contribution in [-0.2, 0) is 35.7 Å². The minimum Gasteiger partial charge on any atom is -0.486 e. The Balaban J connectivity index is 0.000000286. The smallest absolute Gasteiger partial charge is 0.486 e. The second kappa shape index (κ2) is 12.8. The summed E-state index contributed by atoms with van der Waals surface area (Å²) in [6.07, 6.45) is -4.19. The van der Waals surface area contributed by atoms with Gasteiger partial charge in [0.05, 0.1) is 19.0 Å². The molecule has 0 aliphatic carbocycles. The van der Waals surface area contributed by atoms with Crippen LogP contribution in [0.2, 0.25) is 0 Å². The van der Waals surface area contributed by atoms with Gasteiger partial charge >= 0.3 is 24.3 Å². The lowest BCUT2D eigenvalue weighted by molar-refractivity contribution is -0.193. The topological polar surface area (TPSA) is 139 Å². The number of hydrogen-bond acceptors (Lipinski definition) is 8. The van der Waals surface area contributed by atoms with E-state index < -0.39 is 24.3 Å². The number of furan rings is 1. The molecule has 0 aromatic carbocycles. The Morgan fingerprint density at radius 1 is 1.05 bits per heavy atom. The number of pyridine rings is 1. The number of nitrogens with zero attached hydrogens (tertiary/aromatic N) is 3. The Hall–Kier alpha value is -4.08. The lowest BCUT2D eigenvalue weighted by Gasteiger charge is -2.25. The zero-order chi connectivity index (χ0) is 27.6. The molecule has 4 rings (SSSR count). The average Bonchev–Trinajstić information content (AvgIpc) is 3.48. The Kier molecular flexibility index (Phi) is 10.0. The minimum absolute atomic E-state index is 0.388. The third-order valence-electron chi connectivity index (χ3n) is 4.44. The highest BCUT2D eigenvalue weighted by Crippen LogP contribution is 2.25. The van der Waals surface area contributed by atoms with E-state index in [2.05, 4.69) is 15.0 Å². The first-order valence-corrected chi connectivity index (χ1v) is 10.1. The molecule has 202 valence electrons. The van der Waals surface area contributed by atoms with E-state index in [-0.39, 0.29) is 0 Å². The van der Waals surface area contributed by atoms with Crippen LogP contribution in [0, 0.1) is 0 Å². The third-order valence-corrected chi connectivity index (χ3v) is 4.44. The molecule has 0 atom stereocenters. The first-order valence-electron chi connectivity index (χ1n) is 10.1. The van der Waals surface area contributed by atoms with Gasteiger partial charge in [-0.15, -0.1) is 0 Å². The van der Waals surface area contributed by atoms with Gasteiger partial charge in [-0.2, -0.15) is 26.3 Å². The van der Waals surface area contributed by atoms with Gasteiger partial charge in [-0.25, -0.2) is 9.59 Å². The van der Waals surface area contributed by atoms with Crippen LogP contribution in [0.3, 0.4) is 0 Å². The van der Waals surface area contributed by atoms with Gasteiger partial charge in [0.1, 0.15) is 29.6 Å². The molecule has 0 spiro atoms. The molecule has 16 heteroatoms. The van der Waals surface area contributed by atoms with Crippen LogP contribution in [0.15, 0.2) is 51.9 Å². The van der Waals surface area contributed by atoms with Crippen molar-refractivity contribution in [1.82, 2.24) is 15.0 Å². The van der Waals surface area contributed by atoms with Crippen molar-refractivity contribution >= 4 is 11.9 Å². The largest absolute Gasteiger partial charge is 0.490 e. The van der Waals surface area contributed by atoms with Crippen molar-refractivity contribution in [2.45, 2.75) is 38.5 Å². The standard InChI is InChI=1S/C17H17N3O3.2C2HF3O2/c1-3-13(9-18-6-1)22-12-16-15-11-20(7-5-17(15)23-19-16)10-14-4-2-8-21-14;2*3-2(4,5)1(6)7/h1-4,6,8-9H,5,7,10-12H2;2*(H,6,7). The van der Waals surface area contributed by atoms with Gasteiger partial charge in [0.2, 0.25) is 0 Å². The number of aliphatic carboxylic acids is 2. The van der Waals surface area contributed by atoms with Crippen LogP contribution in [0.1, 0.15) is 22.8 Å². The van der Waals surface area contributed by atoms with E-state index in [1.807, 2.05) is 24.3 Å². The predicted octanol–water partition coefficient (Wildman–Crippen LogP) is 4.07. The van der Waals surface area contributed by atoms with E-state index >= 15 is 0 Å². The van der Waals surface area contributed by atoms with Gasteiger partial charge in [-0.1, -0.05) is 5.16 Å². The molecule has 2 N–H and O–H groups in total. The van der Waals surface area contributed by atoms with E-state index in [4.69, 9.17) is 33.5 Å². The Morgan fingerprint density at radius 2 is 1.70 bits per heavy atom. The van der Waals surface area contributed by atoms with E-state index in [0.29, 0.717) is 6.61 Å². The van der Waals surface area contributed by atoms with E-state index in [1.54, 1.807) is 18.7 Å². The van der Waals surface area contributed by atoms with Gasteiger partial charge < -0.3 is 23.9 Å². The zero-order valence-corrected chi connectivity index (χ0v) is 18.6. The summed E-state index contributed by atoms with van der Waals surface area (Å²) in [5, 5.41) is 18.4. The normalized spacial score (nSPS) is 13.4. The number of ether oxygens (including phenoxy) is 1. The predicted molar refractivity (Wildman–Crippen MR) is 109 cm³/mol. The fourth-order valence-corrected chi connectivity index (χ4v) is 2.78. The van der Waals surface area contributed by atoms with Crippen LogP contribution in [-0.4, -0.2) is 56.1 Å². The second-order valence-electron chi connectivity index (χ2n) is 7.15. The lowest BCUT2D eigenvalue weighted by Crippen LogP contribution is -2.29. The van der Waals surface area contributed by atoms with Gasteiger partial charge in [-0.3, -0.25) is 9.88 Å². The molecule has 3 aromatic rings. The van der Waals surface area contributed by atoms with E-state index in [1.165, 1.54) is 0 Å². The first-order chi connectivity index (χ1) is 17.3. The number of fused-ring (bicyclic) bond motifs is 1. The molecular formula is C21H19F6N3O7. The van der Waals surface area contributed by atoms with Crippen LogP contribution in [0.5, 0.6) is 5.75 Å². The summed E-state index contributed by atoms with van der Waals surface area (Å²) in [6.45, 7) is 2.91. The number of carboxylic acids is 2. The van der Waals surface area contributed by atoms with E-state index in [9.17, 15) is 26.3 Å². The molecule has 1 aliphatic rings. The van der Waals surface area contributed by atoms with Gasteiger partial charge in [-0.05, 0) is 24.3 Å². The van der Waals surface area contributed by atoms with E-state index in [0.717, 1.165) is 54.6 Å². The fourth-order valence-electron chi connectivity index (χ4n) is 2.78. The molecule has 4 heterocycles. The molecule has 0 saturated heterocycles. The average molecular weight is 539 g/mol. The van der Waals surface area contributed by atoms with Crippen molar-refractivity contribution in [2.24, 2.45) is 0 Å². The molecular weight excluding hydrogens is 520 g/mol. The lowest BCUT2D eigenvalue weighted by atomic mass is 10.1. The second-order valence-corrected chi connectivity index (χ2v) is 7.15. The molecule has 0 fully saturated rings. The number of halogens is 6.